The van der Waals surface area contributed by atoms with Crippen molar-refractivity contribution in [3.05, 3.63) is 46.7 Å². The maximum Gasteiger partial charge on any atom is 0.245 e. The van der Waals surface area contributed by atoms with Gasteiger partial charge in [-0.3, -0.25) is 4.79 Å². The van der Waals surface area contributed by atoms with E-state index >= 15 is 0 Å². The molecule has 0 aliphatic heterocycles. The number of rotatable bonds is 4. The summed E-state index contributed by atoms with van der Waals surface area (Å²) in [6, 6.07) is 8.61. The molecule has 1 aromatic heterocycles. The normalized spacial score (nSPS) is 11.9. The highest BCUT2D eigenvalue weighted by Crippen LogP contribution is 2.27. The minimum Gasteiger partial charge on any atom is -0.276 e. The van der Waals surface area contributed by atoms with Crippen molar-refractivity contribution < 1.29 is 13.2 Å². The highest BCUT2D eigenvalue weighted by Gasteiger charge is 2.07. The third kappa shape index (κ3) is 3.79. The van der Waals surface area contributed by atoms with Gasteiger partial charge in [0.25, 0.3) is 0 Å². The van der Waals surface area contributed by atoms with Crippen molar-refractivity contribution in [2.24, 2.45) is 0 Å². The first-order valence-corrected chi connectivity index (χ1v) is 8.78. The first kappa shape index (κ1) is 15.0. The Kier molecular flexibility index (Phi) is 4.42. The van der Waals surface area contributed by atoms with Crippen LogP contribution in [0.25, 0.3) is 17.2 Å². The summed E-state index contributed by atoms with van der Waals surface area (Å²) in [5, 5.41) is 1.42. The molecule has 6 heteroatoms. The van der Waals surface area contributed by atoms with E-state index in [1.807, 2.05) is 11.4 Å². The fourth-order valence-electron chi connectivity index (χ4n) is 1.63. The molecule has 20 heavy (non-hydrogen) atoms. The molecule has 104 valence electrons. The van der Waals surface area contributed by atoms with Crippen molar-refractivity contribution in [1.82, 2.24) is 0 Å². The summed E-state index contributed by atoms with van der Waals surface area (Å²) in [5.74, 6) is 0. The van der Waals surface area contributed by atoms with E-state index in [4.69, 9.17) is 11.6 Å². The number of hydrogen-bond donors (Lipinski definition) is 0. The molecule has 2 aromatic rings. The van der Waals surface area contributed by atoms with Gasteiger partial charge < -0.3 is 0 Å². The molecule has 0 saturated carbocycles. The minimum absolute atomic E-state index is 0.296. The van der Waals surface area contributed by atoms with Crippen LogP contribution in [0.15, 0.2) is 46.7 Å². The van der Waals surface area contributed by atoms with E-state index in [2.05, 4.69) is 0 Å². The largest absolute Gasteiger partial charge is 0.276 e. The number of thiophene rings is 1. The van der Waals surface area contributed by atoms with Gasteiger partial charge in [0.05, 0.1) is 4.90 Å². The van der Waals surface area contributed by atoms with E-state index in [-0.39, 0.29) is 0 Å². The van der Waals surface area contributed by atoms with Gasteiger partial charge in [0, 0.05) is 11.1 Å². The standard InChI is InChI=1S/C14H11ClO3S2/c1-20(17,18)13-5-2-10(3-6-13)11-8-12(19-9-11)4-7-14(15)16/h2-9H,1H3/b7-4+. The fraction of sp³-hybridized carbons (Fsp3) is 0.0714. The summed E-state index contributed by atoms with van der Waals surface area (Å²) < 4.78 is 22.8. The van der Waals surface area contributed by atoms with Gasteiger partial charge in [-0.2, -0.15) is 0 Å². The van der Waals surface area contributed by atoms with E-state index < -0.39 is 15.1 Å². The molecular formula is C14H11ClO3S2. The van der Waals surface area contributed by atoms with Gasteiger partial charge in [-0.25, -0.2) is 8.42 Å². The predicted molar refractivity (Wildman–Crippen MR) is 82.8 cm³/mol. The van der Waals surface area contributed by atoms with E-state index in [0.29, 0.717) is 4.90 Å². The van der Waals surface area contributed by atoms with Crippen molar-refractivity contribution in [3.63, 3.8) is 0 Å². The van der Waals surface area contributed by atoms with Crippen molar-refractivity contribution in [3.8, 4) is 11.1 Å². The zero-order valence-electron chi connectivity index (χ0n) is 10.5. The first-order valence-electron chi connectivity index (χ1n) is 5.63. The van der Waals surface area contributed by atoms with Crippen molar-refractivity contribution >= 4 is 44.1 Å². The summed E-state index contributed by atoms with van der Waals surface area (Å²) in [6.07, 6.45) is 4.12. The Bertz CT molecular complexity index is 756. The number of carbonyl (C=O) groups is 1. The van der Waals surface area contributed by atoms with Crippen LogP contribution in [0.4, 0.5) is 0 Å². The molecule has 0 bridgehead atoms. The minimum atomic E-state index is -3.18. The van der Waals surface area contributed by atoms with Crippen molar-refractivity contribution in [2.75, 3.05) is 6.26 Å². The second kappa shape index (κ2) is 5.91. The van der Waals surface area contributed by atoms with Crippen LogP contribution in [0.1, 0.15) is 4.88 Å². The van der Waals surface area contributed by atoms with Crippen molar-refractivity contribution in [2.45, 2.75) is 4.90 Å². The summed E-state index contributed by atoms with van der Waals surface area (Å²) in [7, 11) is -3.18. The zero-order chi connectivity index (χ0) is 14.8. The molecule has 0 amide bonds. The van der Waals surface area contributed by atoms with Gasteiger partial charge in [-0.1, -0.05) is 12.1 Å². The third-order valence-electron chi connectivity index (χ3n) is 2.61. The lowest BCUT2D eigenvalue weighted by Gasteiger charge is -2.00. The highest BCUT2D eigenvalue weighted by atomic mass is 35.5. The average molecular weight is 327 g/mol. The molecule has 2 rings (SSSR count). The van der Waals surface area contributed by atoms with Crippen molar-refractivity contribution in [1.29, 1.82) is 0 Å². The Morgan fingerprint density at radius 3 is 2.40 bits per heavy atom. The lowest BCUT2D eigenvalue weighted by Crippen LogP contribution is -1.95. The molecule has 0 spiro atoms. The maximum atomic E-state index is 11.4. The second-order valence-electron chi connectivity index (χ2n) is 4.17. The molecule has 0 saturated heterocycles. The highest BCUT2D eigenvalue weighted by molar-refractivity contribution is 7.90. The van der Waals surface area contributed by atoms with Gasteiger partial charge in [0.1, 0.15) is 0 Å². The van der Waals surface area contributed by atoms with Crippen LogP contribution in [-0.4, -0.2) is 19.9 Å². The van der Waals surface area contributed by atoms with Crippen LogP contribution in [0, 0.1) is 0 Å². The average Bonchev–Trinajstić information content (AvgIpc) is 2.84. The van der Waals surface area contributed by atoms with Crippen LogP contribution < -0.4 is 0 Å². The Hall–Kier alpha value is -1.43. The lowest BCUT2D eigenvalue weighted by atomic mass is 10.1. The molecule has 0 radical (unpaired) electrons. The summed E-state index contributed by atoms with van der Waals surface area (Å²) in [4.78, 5) is 11.9. The van der Waals surface area contributed by atoms with Crippen LogP contribution in [0.5, 0.6) is 0 Å². The number of sulfone groups is 1. The van der Waals surface area contributed by atoms with Gasteiger partial charge in [-0.05, 0) is 58.5 Å². The predicted octanol–water partition coefficient (Wildman–Crippen LogP) is 3.60. The van der Waals surface area contributed by atoms with E-state index in [9.17, 15) is 13.2 Å². The molecule has 3 nitrogen and oxygen atoms in total. The fourth-order valence-corrected chi connectivity index (χ4v) is 3.14. The Balaban J connectivity index is 2.27. The molecule has 1 aromatic carbocycles. The molecule has 1 heterocycles. The topological polar surface area (TPSA) is 51.2 Å². The number of hydrogen-bond acceptors (Lipinski definition) is 4. The van der Waals surface area contributed by atoms with E-state index in [1.165, 1.54) is 23.7 Å². The number of allylic oxidation sites excluding steroid dienone is 1. The molecule has 0 aliphatic rings. The maximum absolute atomic E-state index is 11.4. The lowest BCUT2D eigenvalue weighted by molar-refractivity contribution is -0.107. The first-order chi connectivity index (χ1) is 9.36. The third-order valence-corrected chi connectivity index (χ3v) is 4.77. The summed E-state index contributed by atoms with van der Waals surface area (Å²) in [5.41, 5.74) is 1.89. The molecule has 0 unspecified atom stereocenters. The molecule has 0 aliphatic carbocycles. The monoisotopic (exact) mass is 326 g/mol. The number of benzene rings is 1. The Morgan fingerprint density at radius 2 is 1.85 bits per heavy atom. The SMILES string of the molecule is CS(=O)(=O)c1ccc(-c2csc(/C=C/C(=O)Cl)c2)cc1. The molecule has 0 N–H and O–H groups in total. The van der Waals surface area contributed by atoms with Gasteiger partial charge in [0.15, 0.2) is 9.84 Å². The van der Waals surface area contributed by atoms with Gasteiger partial charge in [-0.15, -0.1) is 11.3 Å². The van der Waals surface area contributed by atoms with Crippen LogP contribution in [-0.2, 0) is 14.6 Å². The van der Waals surface area contributed by atoms with Crippen LogP contribution >= 0.6 is 22.9 Å². The van der Waals surface area contributed by atoms with Crippen LogP contribution in [0.3, 0.4) is 0 Å². The quantitative estimate of drug-likeness (QED) is 0.637. The zero-order valence-corrected chi connectivity index (χ0v) is 12.9. The van der Waals surface area contributed by atoms with Gasteiger partial charge >= 0.3 is 0 Å². The smallest absolute Gasteiger partial charge is 0.245 e. The van der Waals surface area contributed by atoms with Crippen LogP contribution in [0.2, 0.25) is 0 Å². The van der Waals surface area contributed by atoms with E-state index in [1.54, 1.807) is 30.3 Å². The molecule has 0 fully saturated rings. The summed E-state index contributed by atoms with van der Waals surface area (Å²) in [6.45, 7) is 0. The Morgan fingerprint density at radius 1 is 1.20 bits per heavy atom. The summed E-state index contributed by atoms with van der Waals surface area (Å²) >= 11 is 6.71. The molecular weight excluding hydrogens is 316 g/mol. The number of carbonyl (C=O) groups excluding carboxylic acids is 1. The Labute approximate surface area is 126 Å². The number of halogens is 1. The molecule has 0 atom stereocenters. The second-order valence-corrected chi connectivity index (χ2v) is 7.50. The van der Waals surface area contributed by atoms with E-state index in [0.717, 1.165) is 16.0 Å². The van der Waals surface area contributed by atoms with Gasteiger partial charge in [0.2, 0.25) is 5.24 Å².